The molecule has 0 fully saturated rings. The Hall–Kier alpha value is -2.02. The molecule has 0 amide bonds. The molecule has 0 saturated heterocycles. The summed E-state index contributed by atoms with van der Waals surface area (Å²) in [6.45, 7) is 4.51. The lowest BCUT2D eigenvalue weighted by Gasteiger charge is -2.10. The van der Waals surface area contributed by atoms with E-state index in [1.165, 1.54) is 34.3 Å². The molecule has 3 aromatic rings. The molecule has 20 heavy (non-hydrogen) atoms. The lowest BCUT2D eigenvalue weighted by Crippen LogP contribution is -2.00. The molecule has 0 radical (unpaired) electrons. The van der Waals surface area contributed by atoms with Gasteiger partial charge in [-0.3, -0.25) is 0 Å². The summed E-state index contributed by atoms with van der Waals surface area (Å²) in [5.74, 6) is 0. The highest BCUT2D eigenvalue weighted by molar-refractivity contribution is 5.87. The van der Waals surface area contributed by atoms with Crippen LogP contribution in [0.1, 0.15) is 31.5 Å². The van der Waals surface area contributed by atoms with E-state index in [2.05, 4.69) is 73.0 Å². The average Bonchev–Trinajstić information content (AvgIpc) is 2.82. The van der Waals surface area contributed by atoms with Crippen molar-refractivity contribution >= 4 is 10.9 Å². The maximum atomic E-state index is 2.43. The van der Waals surface area contributed by atoms with Crippen LogP contribution >= 0.6 is 0 Å². The summed E-state index contributed by atoms with van der Waals surface area (Å²) in [5.41, 5.74) is 5.58. The molecule has 0 aliphatic heterocycles. The van der Waals surface area contributed by atoms with Crippen LogP contribution in [0, 0.1) is 0 Å². The molecule has 3 rings (SSSR count). The molecule has 2 aromatic carbocycles. The van der Waals surface area contributed by atoms with Gasteiger partial charge in [0.1, 0.15) is 0 Å². The first-order chi connectivity index (χ1) is 9.86. The van der Waals surface area contributed by atoms with Crippen LogP contribution in [0.15, 0.2) is 54.6 Å². The van der Waals surface area contributed by atoms with Crippen LogP contribution in [0.5, 0.6) is 0 Å². The molecule has 1 heteroatoms. The van der Waals surface area contributed by atoms with Gasteiger partial charge in [-0.05, 0) is 36.6 Å². The van der Waals surface area contributed by atoms with Gasteiger partial charge in [0.15, 0.2) is 0 Å². The Morgan fingerprint density at radius 3 is 2.25 bits per heavy atom. The first-order valence-electron chi connectivity index (χ1n) is 7.53. The number of para-hydroxylation sites is 2. The molecule has 0 bridgehead atoms. The number of aromatic nitrogens is 1. The van der Waals surface area contributed by atoms with Crippen LogP contribution in [-0.2, 0) is 12.8 Å². The minimum absolute atomic E-state index is 1.07. The van der Waals surface area contributed by atoms with Gasteiger partial charge in [0.05, 0.1) is 5.52 Å². The topological polar surface area (TPSA) is 4.93 Å². The normalized spacial score (nSPS) is 11.1. The fraction of sp³-hybridized carbons (Fsp3) is 0.263. The number of benzene rings is 2. The number of hydrogen-bond acceptors (Lipinski definition) is 0. The summed E-state index contributed by atoms with van der Waals surface area (Å²) in [6, 6.07) is 19.5. The second-order valence-electron chi connectivity index (χ2n) is 5.22. The van der Waals surface area contributed by atoms with E-state index in [4.69, 9.17) is 0 Å². The van der Waals surface area contributed by atoms with Gasteiger partial charge >= 0.3 is 0 Å². The van der Waals surface area contributed by atoms with E-state index in [0.717, 1.165) is 12.8 Å². The molecule has 1 aromatic heterocycles. The Morgan fingerprint density at radius 2 is 1.55 bits per heavy atom. The second kappa shape index (κ2) is 5.54. The van der Waals surface area contributed by atoms with Gasteiger partial charge in [-0.1, -0.05) is 56.7 Å². The third-order valence-electron chi connectivity index (χ3n) is 3.94. The van der Waals surface area contributed by atoms with Crippen molar-refractivity contribution in [3.8, 4) is 5.69 Å². The summed E-state index contributed by atoms with van der Waals surface area (Å²) in [7, 11) is 0. The van der Waals surface area contributed by atoms with Gasteiger partial charge < -0.3 is 4.57 Å². The van der Waals surface area contributed by atoms with Gasteiger partial charge in [0.25, 0.3) is 0 Å². The van der Waals surface area contributed by atoms with Crippen molar-refractivity contribution in [3.63, 3.8) is 0 Å². The number of rotatable bonds is 4. The molecule has 0 atom stereocenters. The van der Waals surface area contributed by atoms with E-state index >= 15 is 0 Å². The Balaban J connectivity index is 2.35. The molecule has 0 aliphatic rings. The number of nitrogens with zero attached hydrogens (tertiary/aromatic N) is 1. The first kappa shape index (κ1) is 13.0. The standard InChI is InChI=1S/C19H21N/c1-3-10-16-17-13-8-9-14-19(17)20(18(16)4-2)15-11-6-5-7-12-15/h5-9,11-14H,3-4,10H2,1-2H3. The summed E-state index contributed by atoms with van der Waals surface area (Å²) in [6.07, 6.45) is 3.41. The molecular weight excluding hydrogens is 242 g/mol. The first-order valence-corrected chi connectivity index (χ1v) is 7.53. The van der Waals surface area contributed by atoms with Crippen molar-refractivity contribution in [2.24, 2.45) is 0 Å². The average molecular weight is 263 g/mol. The van der Waals surface area contributed by atoms with E-state index in [1.54, 1.807) is 0 Å². The maximum absolute atomic E-state index is 2.43. The Kier molecular flexibility index (Phi) is 3.60. The smallest absolute Gasteiger partial charge is 0.0534 e. The Morgan fingerprint density at radius 1 is 0.850 bits per heavy atom. The van der Waals surface area contributed by atoms with Crippen molar-refractivity contribution in [2.45, 2.75) is 33.1 Å². The van der Waals surface area contributed by atoms with Crippen LogP contribution in [0.4, 0.5) is 0 Å². The Bertz CT molecular complexity index is 707. The predicted octanol–water partition coefficient (Wildman–Crippen LogP) is 5.15. The predicted molar refractivity (Wildman–Crippen MR) is 86.6 cm³/mol. The van der Waals surface area contributed by atoms with Gasteiger partial charge in [-0.2, -0.15) is 0 Å². The lowest BCUT2D eigenvalue weighted by molar-refractivity contribution is 0.873. The molecule has 0 N–H and O–H groups in total. The molecule has 0 unspecified atom stereocenters. The van der Waals surface area contributed by atoms with Crippen LogP contribution < -0.4 is 0 Å². The fourth-order valence-electron chi connectivity index (χ4n) is 3.13. The van der Waals surface area contributed by atoms with E-state index in [1.807, 2.05) is 0 Å². The largest absolute Gasteiger partial charge is 0.313 e. The third kappa shape index (κ3) is 2.03. The molecule has 0 spiro atoms. The molecule has 0 aliphatic carbocycles. The quantitative estimate of drug-likeness (QED) is 0.614. The van der Waals surface area contributed by atoms with Crippen molar-refractivity contribution in [3.05, 3.63) is 65.9 Å². The summed E-state index contributed by atoms with van der Waals surface area (Å²) in [5, 5.41) is 1.41. The highest BCUT2D eigenvalue weighted by Gasteiger charge is 2.15. The lowest BCUT2D eigenvalue weighted by atomic mass is 10.0. The van der Waals surface area contributed by atoms with E-state index < -0.39 is 0 Å². The van der Waals surface area contributed by atoms with Crippen molar-refractivity contribution in [1.29, 1.82) is 0 Å². The minimum atomic E-state index is 1.07. The van der Waals surface area contributed by atoms with E-state index in [-0.39, 0.29) is 0 Å². The molecule has 1 nitrogen and oxygen atoms in total. The zero-order chi connectivity index (χ0) is 13.9. The van der Waals surface area contributed by atoms with Crippen LogP contribution in [0.25, 0.3) is 16.6 Å². The zero-order valence-electron chi connectivity index (χ0n) is 12.3. The fourth-order valence-corrected chi connectivity index (χ4v) is 3.13. The zero-order valence-corrected chi connectivity index (χ0v) is 12.3. The highest BCUT2D eigenvalue weighted by atomic mass is 15.0. The number of aryl methyl sites for hydroxylation is 1. The molecule has 102 valence electrons. The molecular formula is C19H21N. The minimum Gasteiger partial charge on any atom is -0.313 e. The second-order valence-corrected chi connectivity index (χ2v) is 5.22. The molecule has 1 heterocycles. The van der Waals surface area contributed by atoms with Gasteiger partial charge in [0.2, 0.25) is 0 Å². The van der Waals surface area contributed by atoms with Gasteiger partial charge in [0, 0.05) is 16.8 Å². The monoisotopic (exact) mass is 263 g/mol. The van der Waals surface area contributed by atoms with Crippen molar-refractivity contribution < 1.29 is 0 Å². The van der Waals surface area contributed by atoms with Crippen molar-refractivity contribution in [1.82, 2.24) is 4.57 Å². The van der Waals surface area contributed by atoms with E-state index in [9.17, 15) is 0 Å². The number of fused-ring (bicyclic) bond motifs is 1. The van der Waals surface area contributed by atoms with Crippen LogP contribution in [-0.4, -0.2) is 4.57 Å². The highest BCUT2D eigenvalue weighted by Crippen LogP contribution is 2.30. The number of hydrogen-bond donors (Lipinski definition) is 0. The molecule has 0 saturated carbocycles. The third-order valence-corrected chi connectivity index (χ3v) is 3.94. The SMILES string of the molecule is CCCc1c(CC)n(-c2ccccc2)c2ccccc12. The maximum Gasteiger partial charge on any atom is 0.0534 e. The van der Waals surface area contributed by atoms with Crippen molar-refractivity contribution in [2.75, 3.05) is 0 Å². The van der Waals surface area contributed by atoms with Crippen LogP contribution in [0.2, 0.25) is 0 Å². The van der Waals surface area contributed by atoms with E-state index in [0.29, 0.717) is 0 Å². The summed E-state index contributed by atoms with van der Waals surface area (Å²) in [4.78, 5) is 0. The summed E-state index contributed by atoms with van der Waals surface area (Å²) < 4.78 is 2.43. The van der Waals surface area contributed by atoms with Crippen LogP contribution in [0.3, 0.4) is 0 Å². The van der Waals surface area contributed by atoms with Gasteiger partial charge in [-0.15, -0.1) is 0 Å². The van der Waals surface area contributed by atoms with Gasteiger partial charge in [-0.25, -0.2) is 0 Å². The summed E-state index contributed by atoms with van der Waals surface area (Å²) >= 11 is 0. The Labute approximate surface area is 120 Å².